The molecular formula is C32H48O4. The molecule has 0 aliphatic heterocycles. The molecule has 0 aromatic carbocycles. The van der Waals surface area contributed by atoms with Gasteiger partial charge in [-0.15, -0.1) is 0 Å². The van der Waals surface area contributed by atoms with Crippen molar-refractivity contribution in [2.75, 3.05) is 0 Å². The van der Waals surface area contributed by atoms with Crippen LogP contribution >= 0.6 is 0 Å². The van der Waals surface area contributed by atoms with Crippen molar-refractivity contribution in [2.45, 2.75) is 119 Å². The second-order valence-corrected chi connectivity index (χ2v) is 15.2. The largest absolute Gasteiger partial charge is 0.481 e. The fourth-order valence-electron chi connectivity index (χ4n) is 10.2. The van der Waals surface area contributed by atoms with Crippen molar-refractivity contribution >= 4 is 11.9 Å². The molecule has 5 aliphatic rings. The lowest BCUT2D eigenvalue weighted by Crippen LogP contribution is -2.63. The van der Waals surface area contributed by atoms with E-state index in [1.165, 1.54) is 44.6 Å². The van der Waals surface area contributed by atoms with Crippen LogP contribution in [-0.4, -0.2) is 23.1 Å². The van der Waals surface area contributed by atoms with Crippen LogP contribution in [0.3, 0.4) is 0 Å². The van der Waals surface area contributed by atoms with Gasteiger partial charge in [-0.2, -0.15) is 0 Å². The van der Waals surface area contributed by atoms with E-state index in [4.69, 9.17) is 4.74 Å². The summed E-state index contributed by atoms with van der Waals surface area (Å²) in [4.78, 5) is 24.7. The number of carbonyl (C=O) groups is 2. The maximum Gasteiger partial charge on any atom is 0.313 e. The maximum absolute atomic E-state index is 12.8. The zero-order chi connectivity index (χ0) is 26.5. The fourth-order valence-corrected chi connectivity index (χ4v) is 10.2. The minimum Gasteiger partial charge on any atom is -0.481 e. The van der Waals surface area contributed by atoms with Crippen LogP contribution in [0, 0.1) is 44.3 Å². The summed E-state index contributed by atoms with van der Waals surface area (Å²) in [5.74, 6) is -0.635. The van der Waals surface area contributed by atoms with E-state index in [-0.39, 0.29) is 28.1 Å². The normalized spacial score (nSPS) is 49.3. The van der Waals surface area contributed by atoms with Crippen molar-refractivity contribution in [3.05, 3.63) is 23.3 Å². The molecule has 4 heteroatoms. The topological polar surface area (TPSA) is 63.6 Å². The summed E-state index contributed by atoms with van der Waals surface area (Å²) in [6, 6.07) is 0. The van der Waals surface area contributed by atoms with Crippen LogP contribution in [0.5, 0.6) is 0 Å². The van der Waals surface area contributed by atoms with Gasteiger partial charge >= 0.3 is 11.9 Å². The molecule has 5 rings (SSSR count). The van der Waals surface area contributed by atoms with E-state index in [9.17, 15) is 14.7 Å². The first kappa shape index (κ1) is 26.0. The number of fused-ring (bicyclic) bond motifs is 7. The van der Waals surface area contributed by atoms with Crippen molar-refractivity contribution in [1.29, 1.82) is 0 Å². The Hall–Kier alpha value is -1.58. The standard InChI is InChI=1S/C32H48O4/c1-20(33)36-25-12-13-29(5)23-10-9-21-22-19-27(2,3)15-16-28(22,4)17-18-30(21,6)31(23,7)14-11-24(29)32(25,8)26(34)35/h9-10,22,24-25H,11-19H2,1-8H3,(H,34,35). The fraction of sp³-hybridized carbons (Fsp3) is 0.812. The highest BCUT2D eigenvalue weighted by molar-refractivity contribution is 5.77. The summed E-state index contributed by atoms with van der Waals surface area (Å²) in [5, 5.41) is 10.5. The molecule has 0 heterocycles. The van der Waals surface area contributed by atoms with Crippen LogP contribution in [0.2, 0.25) is 0 Å². The first-order chi connectivity index (χ1) is 16.5. The van der Waals surface area contributed by atoms with Gasteiger partial charge in [0.15, 0.2) is 0 Å². The SMILES string of the molecule is CC(=O)OC1CCC2(C)C3=CC=C4C5CC(C)(C)CCC5(C)CCC4(C)C3(C)CCC2C1(C)C(=O)O. The number of carboxylic acid groups (broad SMARTS) is 1. The molecule has 8 atom stereocenters. The van der Waals surface area contributed by atoms with E-state index in [2.05, 4.69) is 53.7 Å². The number of rotatable bonds is 2. The summed E-state index contributed by atoms with van der Waals surface area (Å²) in [5.41, 5.74) is 2.76. The molecule has 36 heavy (non-hydrogen) atoms. The summed E-state index contributed by atoms with van der Waals surface area (Å²) in [6.07, 6.45) is 14.1. The molecule has 0 radical (unpaired) electrons. The number of carboxylic acids is 1. The van der Waals surface area contributed by atoms with Crippen LogP contribution in [0.1, 0.15) is 113 Å². The molecule has 1 N–H and O–H groups in total. The summed E-state index contributed by atoms with van der Waals surface area (Å²) in [7, 11) is 0. The highest BCUT2D eigenvalue weighted by atomic mass is 16.5. The third kappa shape index (κ3) is 3.24. The predicted molar refractivity (Wildman–Crippen MR) is 142 cm³/mol. The van der Waals surface area contributed by atoms with Gasteiger partial charge in [-0.3, -0.25) is 9.59 Å². The first-order valence-electron chi connectivity index (χ1n) is 14.4. The lowest BCUT2D eigenvalue weighted by Gasteiger charge is -2.68. The molecule has 0 bridgehead atoms. The number of ether oxygens (including phenoxy) is 1. The van der Waals surface area contributed by atoms with Gasteiger partial charge in [-0.1, -0.05) is 64.8 Å². The summed E-state index contributed by atoms with van der Waals surface area (Å²) >= 11 is 0. The average molecular weight is 497 g/mol. The second-order valence-electron chi connectivity index (χ2n) is 15.2. The van der Waals surface area contributed by atoms with Crippen molar-refractivity contribution in [3.8, 4) is 0 Å². The maximum atomic E-state index is 12.8. The summed E-state index contributed by atoms with van der Waals surface area (Å²) < 4.78 is 5.67. The van der Waals surface area contributed by atoms with Gasteiger partial charge in [-0.25, -0.2) is 0 Å². The molecule has 4 saturated carbocycles. The Morgan fingerprint density at radius 1 is 0.861 bits per heavy atom. The van der Waals surface area contributed by atoms with Gasteiger partial charge in [0.25, 0.3) is 0 Å². The van der Waals surface area contributed by atoms with E-state index >= 15 is 0 Å². The number of aliphatic carboxylic acids is 1. The van der Waals surface area contributed by atoms with Gasteiger partial charge in [0.2, 0.25) is 0 Å². The Bertz CT molecular complexity index is 1050. The molecule has 0 amide bonds. The number of carbonyl (C=O) groups excluding carboxylic acids is 1. The molecule has 8 unspecified atom stereocenters. The molecule has 0 saturated heterocycles. The van der Waals surface area contributed by atoms with E-state index in [1.807, 2.05) is 6.92 Å². The molecule has 0 aromatic rings. The minimum absolute atomic E-state index is 0.0267. The molecule has 0 spiro atoms. The summed E-state index contributed by atoms with van der Waals surface area (Å²) in [6.45, 7) is 18.0. The van der Waals surface area contributed by atoms with Gasteiger partial charge in [0, 0.05) is 6.92 Å². The van der Waals surface area contributed by atoms with E-state index < -0.39 is 17.5 Å². The third-order valence-corrected chi connectivity index (χ3v) is 12.8. The Morgan fingerprint density at radius 2 is 1.53 bits per heavy atom. The number of hydrogen-bond acceptors (Lipinski definition) is 3. The molecular weight excluding hydrogens is 448 g/mol. The zero-order valence-corrected chi connectivity index (χ0v) is 23.9. The van der Waals surface area contributed by atoms with Crippen molar-refractivity contribution < 1.29 is 19.4 Å². The Kier molecular flexibility index (Phi) is 5.59. The van der Waals surface area contributed by atoms with Gasteiger partial charge in [-0.05, 0) is 104 Å². The Balaban J connectivity index is 1.61. The lowest BCUT2D eigenvalue weighted by molar-refractivity contribution is -0.192. The van der Waals surface area contributed by atoms with Crippen LogP contribution in [-0.2, 0) is 14.3 Å². The highest BCUT2D eigenvalue weighted by Crippen LogP contribution is 2.74. The third-order valence-electron chi connectivity index (χ3n) is 12.8. The zero-order valence-electron chi connectivity index (χ0n) is 23.9. The Labute approximate surface area is 218 Å². The predicted octanol–water partition coefficient (Wildman–Crippen LogP) is 7.72. The van der Waals surface area contributed by atoms with Crippen LogP contribution in [0.25, 0.3) is 0 Å². The monoisotopic (exact) mass is 496 g/mol. The van der Waals surface area contributed by atoms with Gasteiger partial charge in [0.05, 0.1) is 0 Å². The van der Waals surface area contributed by atoms with Crippen molar-refractivity contribution in [3.63, 3.8) is 0 Å². The first-order valence-corrected chi connectivity index (χ1v) is 14.4. The number of esters is 1. The molecule has 4 nitrogen and oxygen atoms in total. The molecule has 200 valence electrons. The number of hydrogen-bond donors (Lipinski definition) is 1. The lowest BCUT2D eigenvalue weighted by atomic mass is 9.36. The molecule has 5 aliphatic carbocycles. The van der Waals surface area contributed by atoms with Crippen molar-refractivity contribution in [1.82, 2.24) is 0 Å². The van der Waals surface area contributed by atoms with E-state index in [0.29, 0.717) is 23.2 Å². The van der Waals surface area contributed by atoms with Crippen LogP contribution in [0.15, 0.2) is 23.3 Å². The van der Waals surface area contributed by atoms with Gasteiger partial charge < -0.3 is 9.84 Å². The van der Waals surface area contributed by atoms with E-state index in [1.54, 1.807) is 5.57 Å². The molecule has 0 aromatic heterocycles. The van der Waals surface area contributed by atoms with Crippen LogP contribution < -0.4 is 0 Å². The minimum atomic E-state index is -1.08. The Morgan fingerprint density at radius 3 is 2.17 bits per heavy atom. The van der Waals surface area contributed by atoms with Crippen LogP contribution in [0.4, 0.5) is 0 Å². The number of allylic oxidation sites excluding steroid dienone is 4. The highest BCUT2D eigenvalue weighted by Gasteiger charge is 2.68. The second kappa shape index (κ2) is 7.73. The molecule has 4 fully saturated rings. The smallest absolute Gasteiger partial charge is 0.313 e. The van der Waals surface area contributed by atoms with Crippen molar-refractivity contribution in [2.24, 2.45) is 44.3 Å². The van der Waals surface area contributed by atoms with Gasteiger partial charge in [0.1, 0.15) is 11.5 Å². The average Bonchev–Trinajstić information content (AvgIpc) is 2.77. The van der Waals surface area contributed by atoms with E-state index in [0.717, 1.165) is 19.3 Å². The quantitative estimate of drug-likeness (QED) is 0.397.